The van der Waals surface area contributed by atoms with Gasteiger partial charge in [0.15, 0.2) is 0 Å². The number of hydrogen-bond acceptors (Lipinski definition) is 4. The van der Waals surface area contributed by atoms with Crippen LogP contribution in [0.3, 0.4) is 0 Å². The molecule has 0 aromatic heterocycles. The zero-order valence-corrected chi connectivity index (χ0v) is 12.4. The van der Waals surface area contributed by atoms with Crippen molar-refractivity contribution in [1.82, 2.24) is 5.32 Å². The lowest BCUT2D eigenvalue weighted by molar-refractivity contribution is 0.0288. The molecule has 0 heterocycles. The fraction of sp³-hybridized carbons (Fsp3) is 1.00. The van der Waals surface area contributed by atoms with Crippen molar-refractivity contribution in [3.63, 3.8) is 0 Å². The van der Waals surface area contributed by atoms with E-state index >= 15 is 0 Å². The molecule has 0 unspecified atom stereocenters. The number of hydrogen-bond donors (Lipinski definition) is 3. The van der Waals surface area contributed by atoms with Crippen LogP contribution in [0.15, 0.2) is 0 Å². The Morgan fingerprint density at radius 3 is 2.32 bits per heavy atom. The van der Waals surface area contributed by atoms with Gasteiger partial charge >= 0.3 is 0 Å². The highest BCUT2D eigenvalue weighted by Gasteiger charge is 2.17. The van der Waals surface area contributed by atoms with Gasteiger partial charge in [-0.1, -0.05) is 26.2 Å². The van der Waals surface area contributed by atoms with Crippen LogP contribution in [-0.4, -0.2) is 30.5 Å². The monoisotopic (exact) mass is 274 g/mol. The van der Waals surface area contributed by atoms with Gasteiger partial charge in [0.25, 0.3) is 0 Å². The van der Waals surface area contributed by atoms with Gasteiger partial charge in [-0.3, -0.25) is 0 Å². The molecule has 116 valence electrons. The number of nitrogens with two attached hydrogens (primary N) is 1. The molecule has 0 aromatic carbocycles. The maximum absolute atomic E-state index is 6.50. The topological polar surface area (TPSA) is 67.5 Å². The Labute approximate surface area is 119 Å². The van der Waals surface area contributed by atoms with Gasteiger partial charge in [0, 0.05) is 14.0 Å². The molecule has 0 bridgehead atoms. The predicted octanol–water partition coefficient (Wildman–Crippen LogP) is 3.08. The molecular weight excluding hydrogens is 240 g/mol. The van der Waals surface area contributed by atoms with Crippen LogP contribution in [-0.2, 0) is 4.74 Å². The lowest BCUT2D eigenvalue weighted by Gasteiger charge is -2.27. The summed E-state index contributed by atoms with van der Waals surface area (Å²) in [5, 5.41) is 10.2. The average Bonchev–Trinajstić information content (AvgIpc) is 2.49. The summed E-state index contributed by atoms with van der Waals surface area (Å²) < 4.78 is 5.93. The van der Waals surface area contributed by atoms with Crippen LogP contribution >= 0.6 is 0 Å². The minimum Gasteiger partial charge on any atom is -0.377 e. The second kappa shape index (κ2) is 10.6. The summed E-state index contributed by atoms with van der Waals surface area (Å²) in [6, 6.07) is 0.765. The molecule has 0 atom stereocenters. The Bertz CT molecular complexity index is 206. The van der Waals surface area contributed by atoms with Crippen LogP contribution in [0.1, 0.15) is 66.1 Å². The molecule has 0 aliphatic heterocycles. The van der Waals surface area contributed by atoms with Crippen LogP contribution in [0.5, 0.6) is 0 Å². The van der Waals surface area contributed by atoms with Gasteiger partial charge in [-0.15, -0.1) is 0 Å². The predicted molar refractivity (Wildman–Crippen MR) is 80.3 cm³/mol. The van der Waals surface area contributed by atoms with Crippen molar-refractivity contribution in [2.75, 3.05) is 13.2 Å². The van der Waals surface area contributed by atoms with E-state index in [1.807, 2.05) is 0 Å². The first kappa shape index (κ1) is 16.9. The zero-order chi connectivity index (χ0) is 13.9. The van der Waals surface area contributed by atoms with E-state index in [1.165, 1.54) is 57.8 Å². The second-order valence-corrected chi connectivity index (χ2v) is 6.04. The van der Waals surface area contributed by atoms with Crippen molar-refractivity contribution >= 4 is 0 Å². The van der Waals surface area contributed by atoms with E-state index in [9.17, 15) is 0 Å². The van der Waals surface area contributed by atoms with Gasteiger partial charge in [-0.05, 0) is 44.4 Å². The summed E-state index contributed by atoms with van der Waals surface area (Å²) in [5.41, 5.74) is 0. The summed E-state index contributed by atoms with van der Waals surface area (Å²) in [4.78, 5) is 0. The largest absolute Gasteiger partial charge is 0.377 e. The quantitative estimate of drug-likeness (QED) is 0.532. The van der Waals surface area contributed by atoms with E-state index < -0.39 is 0 Å². The van der Waals surface area contributed by atoms with Crippen molar-refractivity contribution in [3.8, 4) is 0 Å². The molecule has 4 N–H and O–H groups in total. The summed E-state index contributed by atoms with van der Waals surface area (Å²) in [6.07, 6.45) is 12.9. The molecule has 0 radical (unpaired) electrons. The highest BCUT2D eigenvalue weighted by molar-refractivity contribution is 4.75. The van der Waals surface area contributed by atoms with Crippen molar-refractivity contribution < 1.29 is 11.4 Å². The van der Waals surface area contributed by atoms with Gasteiger partial charge in [-0.25, -0.2) is 5.90 Å². The summed E-state index contributed by atoms with van der Waals surface area (Å²) >= 11 is 0. The Hall–Kier alpha value is -0.160. The van der Waals surface area contributed by atoms with Gasteiger partial charge < -0.3 is 15.3 Å². The highest BCUT2D eigenvalue weighted by atomic mass is 16.5. The molecule has 2 saturated carbocycles. The molecule has 4 heteroatoms. The Morgan fingerprint density at radius 1 is 1.05 bits per heavy atom. The molecule has 2 aliphatic carbocycles. The summed E-state index contributed by atoms with van der Waals surface area (Å²) in [6.45, 7) is 4.34. The minimum atomic E-state index is 0. The molecular formula is C15H34N2O2. The number of nitrogens with one attached hydrogen (secondary N) is 1. The summed E-state index contributed by atoms with van der Waals surface area (Å²) in [5.74, 6) is 4.45. The van der Waals surface area contributed by atoms with E-state index in [4.69, 9.17) is 9.94 Å². The second-order valence-electron chi connectivity index (χ2n) is 6.04. The van der Waals surface area contributed by atoms with E-state index in [0.717, 1.165) is 25.1 Å². The first-order chi connectivity index (χ1) is 9.34. The zero-order valence-electron chi connectivity index (χ0n) is 12.4. The molecule has 2 fully saturated rings. The average molecular weight is 274 g/mol. The maximum atomic E-state index is 6.50. The lowest BCUT2D eigenvalue weighted by Crippen LogP contribution is -2.35. The van der Waals surface area contributed by atoms with Gasteiger partial charge in [0.1, 0.15) is 0 Å². The first-order valence-electron chi connectivity index (χ1n) is 7.95. The Balaban J connectivity index is 0.00000115. The Kier molecular flexibility index (Phi) is 9.43. The molecule has 4 nitrogen and oxygen atoms in total. The SMILES string of the molecule is CC1CCC(NCCOC2CCCCC2)CC1.NO.[HH]. The number of rotatable bonds is 5. The smallest absolute Gasteiger partial charge is 0.0594 e. The third-order valence-corrected chi connectivity index (χ3v) is 4.46. The van der Waals surface area contributed by atoms with Gasteiger partial charge in [0.05, 0.1) is 12.7 Å². The van der Waals surface area contributed by atoms with Crippen molar-refractivity contribution in [1.29, 1.82) is 0 Å². The van der Waals surface area contributed by atoms with Crippen molar-refractivity contribution in [2.24, 2.45) is 11.8 Å². The third kappa shape index (κ3) is 7.25. The molecule has 0 aromatic rings. The minimum absolute atomic E-state index is 0. The molecule has 2 rings (SSSR count). The lowest BCUT2D eigenvalue weighted by atomic mass is 9.87. The Morgan fingerprint density at radius 2 is 1.68 bits per heavy atom. The molecule has 0 amide bonds. The van der Waals surface area contributed by atoms with Crippen LogP contribution in [0.2, 0.25) is 0 Å². The molecule has 2 aliphatic rings. The normalized spacial score (nSPS) is 28.6. The molecule has 19 heavy (non-hydrogen) atoms. The summed E-state index contributed by atoms with van der Waals surface area (Å²) in [7, 11) is 0. The van der Waals surface area contributed by atoms with Crippen LogP contribution in [0.25, 0.3) is 0 Å². The van der Waals surface area contributed by atoms with Crippen molar-refractivity contribution in [2.45, 2.75) is 76.9 Å². The molecule has 0 saturated heterocycles. The van der Waals surface area contributed by atoms with E-state index in [2.05, 4.69) is 18.1 Å². The fourth-order valence-corrected chi connectivity index (χ4v) is 3.18. The number of ether oxygens (including phenoxy) is 1. The van der Waals surface area contributed by atoms with Gasteiger partial charge in [-0.2, -0.15) is 0 Å². The fourth-order valence-electron chi connectivity index (χ4n) is 3.18. The van der Waals surface area contributed by atoms with E-state index in [-0.39, 0.29) is 1.43 Å². The van der Waals surface area contributed by atoms with Crippen LogP contribution in [0, 0.1) is 5.92 Å². The van der Waals surface area contributed by atoms with E-state index in [1.54, 1.807) is 0 Å². The van der Waals surface area contributed by atoms with E-state index in [0.29, 0.717) is 6.10 Å². The van der Waals surface area contributed by atoms with Gasteiger partial charge in [0.2, 0.25) is 0 Å². The molecule has 0 spiro atoms. The maximum Gasteiger partial charge on any atom is 0.0594 e. The van der Waals surface area contributed by atoms with Crippen molar-refractivity contribution in [3.05, 3.63) is 0 Å². The third-order valence-electron chi connectivity index (χ3n) is 4.46. The van der Waals surface area contributed by atoms with Crippen LogP contribution in [0.4, 0.5) is 0 Å². The first-order valence-corrected chi connectivity index (χ1v) is 7.95. The standard InChI is InChI=1S/C15H29NO.H3NO.H2/c1-13-7-9-14(10-8-13)16-11-12-17-15-5-3-2-4-6-15;1-2;/h13-16H,2-12H2,1H3;2H,1H2;1H. The highest BCUT2D eigenvalue weighted by Crippen LogP contribution is 2.23. The van der Waals surface area contributed by atoms with Crippen LogP contribution < -0.4 is 11.2 Å².